The molecule has 2 amide bonds. The van der Waals surface area contributed by atoms with E-state index in [0.717, 1.165) is 9.78 Å². The molecule has 0 spiro atoms. The van der Waals surface area contributed by atoms with Crippen LogP contribution >= 0.6 is 23.1 Å². The Morgan fingerprint density at radius 1 is 1.27 bits per heavy atom. The number of thioether (sulfide) groups is 1. The molecule has 2 aliphatic rings. The second-order valence-corrected chi connectivity index (χ2v) is 9.30. The minimum absolute atomic E-state index is 0.300. The van der Waals surface area contributed by atoms with E-state index in [9.17, 15) is 18.8 Å². The number of nitrogens with zero attached hydrogens (tertiary/aromatic N) is 1. The van der Waals surface area contributed by atoms with Crippen LogP contribution < -0.4 is 10.2 Å². The number of amides is 2. The maximum Gasteiger partial charge on any atom is 0.326 e. The van der Waals surface area contributed by atoms with E-state index in [1.807, 2.05) is 23.8 Å². The Kier molecular flexibility index (Phi) is 5.69. The number of benzene rings is 1. The predicted molar refractivity (Wildman–Crippen MR) is 114 cm³/mol. The van der Waals surface area contributed by atoms with Crippen molar-refractivity contribution in [3.05, 3.63) is 52.5 Å². The van der Waals surface area contributed by atoms with Crippen molar-refractivity contribution in [1.82, 2.24) is 5.32 Å². The van der Waals surface area contributed by atoms with Crippen molar-refractivity contribution < 1.29 is 23.5 Å². The van der Waals surface area contributed by atoms with Gasteiger partial charge in [0.2, 0.25) is 11.8 Å². The van der Waals surface area contributed by atoms with E-state index in [1.54, 1.807) is 11.8 Å². The predicted octanol–water partition coefficient (Wildman–Crippen LogP) is 3.00. The standard InChI is InChI=1S/C21H21FN2O4S2/c1-28-20(27)21(9-11-29-2)16-15(17(23-21)14-4-3-10-30-14)18(25)24(19(16)26)13-7-5-12(22)6-8-13/h3-8,10,15-17,23H,9,11H2,1-2H3/t15-,16-,17+,21+/m0/s1. The fourth-order valence-electron chi connectivity index (χ4n) is 4.52. The molecule has 4 atom stereocenters. The van der Waals surface area contributed by atoms with Crippen molar-refractivity contribution in [1.29, 1.82) is 0 Å². The van der Waals surface area contributed by atoms with Crippen LogP contribution in [0.2, 0.25) is 0 Å². The third-order valence-corrected chi connectivity index (χ3v) is 7.41. The lowest BCUT2D eigenvalue weighted by Crippen LogP contribution is -2.56. The number of imide groups is 1. The number of fused-ring (bicyclic) bond motifs is 1. The Balaban J connectivity index is 1.83. The zero-order valence-corrected chi connectivity index (χ0v) is 18.1. The molecule has 30 heavy (non-hydrogen) atoms. The molecule has 0 aliphatic carbocycles. The normalized spacial score (nSPS) is 28.1. The van der Waals surface area contributed by atoms with Crippen LogP contribution in [0.5, 0.6) is 0 Å². The van der Waals surface area contributed by atoms with E-state index < -0.39 is 47.0 Å². The molecule has 1 aromatic heterocycles. The Morgan fingerprint density at radius 3 is 2.60 bits per heavy atom. The van der Waals surface area contributed by atoms with Gasteiger partial charge in [-0.05, 0) is 54.1 Å². The van der Waals surface area contributed by atoms with Crippen LogP contribution in [0.4, 0.5) is 10.1 Å². The van der Waals surface area contributed by atoms with Gasteiger partial charge < -0.3 is 4.74 Å². The van der Waals surface area contributed by atoms with Crippen molar-refractivity contribution in [3.8, 4) is 0 Å². The largest absolute Gasteiger partial charge is 0.468 e. The first-order chi connectivity index (χ1) is 14.4. The van der Waals surface area contributed by atoms with Gasteiger partial charge in [0.25, 0.3) is 0 Å². The van der Waals surface area contributed by atoms with E-state index in [4.69, 9.17) is 4.74 Å². The third kappa shape index (κ3) is 3.16. The summed E-state index contributed by atoms with van der Waals surface area (Å²) in [7, 11) is 1.29. The second kappa shape index (κ2) is 8.13. The molecule has 2 aromatic rings. The summed E-state index contributed by atoms with van der Waals surface area (Å²) in [6.45, 7) is 0. The number of carbonyl (C=O) groups is 3. The van der Waals surface area contributed by atoms with Crippen molar-refractivity contribution in [2.45, 2.75) is 18.0 Å². The molecule has 158 valence electrons. The fraction of sp³-hybridized carbons (Fsp3) is 0.381. The maximum atomic E-state index is 13.6. The molecule has 4 rings (SSSR count). The molecule has 6 nitrogen and oxygen atoms in total. The molecule has 2 aliphatic heterocycles. The summed E-state index contributed by atoms with van der Waals surface area (Å²) in [6.07, 6.45) is 2.26. The summed E-state index contributed by atoms with van der Waals surface area (Å²) < 4.78 is 18.5. The summed E-state index contributed by atoms with van der Waals surface area (Å²) in [4.78, 5) is 42.0. The highest BCUT2D eigenvalue weighted by molar-refractivity contribution is 7.98. The fourth-order valence-corrected chi connectivity index (χ4v) is 5.87. The summed E-state index contributed by atoms with van der Waals surface area (Å²) in [5, 5.41) is 5.22. The van der Waals surface area contributed by atoms with E-state index in [2.05, 4.69) is 5.32 Å². The number of halogens is 1. The lowest BCUT2D eigenvalue weighted by Gasteiger charge is -2.32. The molecule has 1 N–H and O–H groups in total. The Hall–Kier alpha value is -2.23. The number of nitrogens with one attached hydrogen (secondary N) is 1. The monoisotopic (exact) mass is 448 g/mol. The highest BCUT2D eigenvalue weighted by Gasteiger charge is 2.68. The molecular formula is C21H21FN2O4S2. The van der Waals surface area contributed by atoms with Crippen LogP contribution in [0, 0.1) is 17.7 Å². The first-order valence-corrected chi connectivity index (χ1v) is 11.7. The second-order valence-electron chi connectivity index (χ2n) is 7.33. The molecular weight excluding hydrogens is 427 g/mol. The van der Waals surface area contributed by atoms with Gasteiger partial charge in [-0.3, -0.25) is 19.7 Å². The highest BCUT2D eigenvalue weighted by atomic mass is 32.2. The average molecular weight is 449 g/mol. The molecule has 0 radical (unpaired) electrons. The van der Waals surface area contributed by atoms with Crippen LogP contribution in [-0.2, 0) is 19.1 Å². The van der Waals surface area contributed by atoms with Crippen LogP contribution in [0.15, 0.2) is 41.8 Å². The van der Waals surface area contributed by atoms with E-state index >= 15 is 0 Å². The van der Waals surface area contributed by atoms with Crippen LogP contribution in [-0.4, -0.2) is 42.4 Å². The number of thiophene rings is 1. The highest BCUT2D eigenvalue weighted by Crippen LogP contribution is 2.52. The van der Waals surface area contributed by atoms with Crippen LogP contribution in [0.1, 0.15) is 17.3 Å². The summed E-state index contributed by atoms with van der Waals surface area (Å²) in [6, 6.07) is 8.50. The van der Waals surface area contributed by atoms with Crippen molar-refractivity contribution in [2.75, 3.05) is 24.0 Å². The zero-order chi connectivity index (χ0) is 21.5. The van der Waals surface area contributed by atoms with Gasteiger partial charge >= 0.3 is 5.97 Å². The van der Waals surface area contributed by atoms with Gasteiger partial charge in [0, 0.05) is 4.88 Å². The van der Waals surface area contributed by atoms with Crippen LogP contribution in [0.3, 0.4) is 0 Å². The third-order valence-electron chi connectivity index (χ3n) is 5.84. The van der Waals surface area contributed by atoms with Gasteiger partial charge in [0.05, 0.1) is 30.7 Å². The molecule has 0 saturated carbocycles. The SMILES string of the molecule is COC(=O)[C@]1(CCSC)N[C@H](c2cccs2)[C@H]2C(=O)N(c3ccc(F)cc3)C(=O)[C@H]21. The topological polar surface area (TPSA) is 75.7 Å². The number of carbonyl (C=O) groups excluding carboxylic acids is 3. The van der Waals surface area contributed by atoms with E-state index in [1.165, 1.54) is 42.7 Å². The first-order valence-electron chi connectivity index (χ1n) is 9.46. The van der Waals surface area contributed by atoms with E-state index in [0.29, 0.717) is 17.9 Å². The maximum absolute atomic E-state index is 13.6. The number of ether oxygens (including phenoxy) is 1. The Labute approximate surface area is 181 Å². The Morgan fingerprint density at radius 2 is 2.00 bits per heavy atom. The lowest BCUT2D eigenvalue weighted by molar-refractivity contribution is -0.152. The molecule has 3 heterocycles. The molecule has 2 fully saturated rings. The summed E-state index contributed by atoms with van der Waals surface area (Å²) in [5.41, 5.74) is -1.01. The van der Waals surface area contributed by atoms with Crippen molar-refractivity contribution >= 4 is 46.6 Å². The van der Waals surface area contributed by atoms with Crippen molar-refractivity contribution in [3.63, 3.8) is 0 Å². The first kappa shape index (κ1) is 21.0. The number of rotatable bonds is 6. The average Bonchev–Trinajstić information content (AvgIpc) is 3.44. The number of methoxy groups -OCH3 is 1. The molecule has 0 unspecified atom stereocenters. The van der Waals surface area contributed by atoms with Gasteiger partial charge in [-0.2, -0.15) is 11.8 Å². The van der Waals surface area contributed by atoms with Crippen LogP contribution in [0.25, 0.3) is 0 Å². The quantitative estimate of drug-likeness (QED) is 0.541. The minimum atomic E-state index is -1.31. The van der Waals surface area contributed by atoms with Gasteiger partial charge in [-0.15, -0.1) is 11.3 Å². The van der Waals surface area contributed by atoms with Gasteiger partial charge in [0.1, 0.15) is 11.4 Å². The number of hydrogen-bond acceptors (Lipinski definition) is 7. The molecule has 0 bridgehead atoms. The number of anilines is 1. The Bertz CT molecular complexity index is 966. The molecule has 2 saturated heterocycles. The van der Waals surface area contributed by atoms with Gasteiger partial charge in [-0.1, -0.05) is 6.07 Å². The summed E-state index contributed by atoms with van der Waals surface area (Å²) in [5.74, 6) is -2.90. The summed E-state index contributed by atoms with van der Waals surface area (Å²) >= 11 is 3.02. The van der Waals surface area contributed by atoms with Gasteiger partial charge in [0.15, 0.2) is 0 Å². The number of esters is 1. The smallest absolute Gasteiger partial charge is 0.326 e. The molecule has 9 heteroatoms. The lowest BCUT2D eigenvalue weighted by atomic mass is 9.78. The molecule has 1 aromatic carbocycles. The minimum Gasteiger partial charge on any atom is -0.468 e. The van der Waals surface area contributed by atoms with Crippen molar-refractivity contribution in [2.24, 2.45) is 11.8 Å². The zero-order valence-electron chi connectivity index (χ0n) is 16.5. The number of hydrogen-bond donors (Lipinski definition) is 1. The van der Waals surface area contributed by atoms with E-state index in [-0.39, 0.29) is 0 Å². The van der Waals surface area contributed by atoms with Gasteiger partial charge in [-0.25, -0.2) is 9.29 Å².